The average Bonchev–Trinajstić information content (AvgIpc) is 3.20. The zero-order valence-corrected chi connectivity index (χ0v) is 15.2. The van der Waals surface area contributed by atoms with E-state index >= 15 is 0 Å². The summed E-state index contributed by atoms with van der Waals surface area (Å²) in [6, 6.07) is 13.8. The number of benzene rings is 1. The van der Waals surface area contributed by atoms with Crippen molar-refractivity contribution in [2.24, 2.45) is 0 Å². The van der Waals surface area contributed by atoms with Crippen LogP contribution in [0.4, 0.5) is 0 Å². The van der Waals surface area contributed by atoms with Gasteiger partial charge in [-0.3, -0.25) is 4.79 Å². The highest BCUT2D eigenvalue weighted by Gasteiger charge is 2.23. The fourth-order valence-corrected chi connectivity index (χ4v) is 3.92. The highest BCUT2D eigenvalue weighted by atomic mass is 32.1. The molecule has 2 aromatic heterocycles. The van der Waals surface area contributed by atoms with E-state index in [4.69, 9.17) is 16.6 Å². The fraction of sp³-hybridized carbons (Fsp3) is 0.238. The molecule has 0 radical (unpaired) electrons. The summed E-state index contributed by atoms with van der Waals surface area (Å²) in [6.07, 6.45) is 5.66. The first kappa shape index (κ1) is 16.8. The zero-order valence-electron chi connectivity index (χ0n) is 14.4. The first-order valence-electron chi connectivity index (χ1n) is 8.88. The maximum Gasteiger partial charge on any atom is 0.254 e. The lowest BCUT2D eigenvalue weighted by Crippen LogP contribution is -2.26. The number of carbonyl (C=O) groups is 1. The number of aromatic amines is 1. The molecule has 0 unspecified atom stereocenters. The van der Waals surface area contributed by atoms with Crippen molar-refractivity contribution in [1.29, 1.82) is 0 Å². The smallest absolute Gasteiger partial charge is 0.254 e. The van der Waals surface area contributed by atoms with Crippen molar-refractivity contribution in [3.05, 3.63) is 75.8 Å². The number of hydrogen-bond acceptors (Lipinski definition) is 3. The molecule has 1 amide bonds. The van der Waals surface area contributed by atoms with Crippen LogP contribution in [0.25, 0.3) is 11.3 Å². The molecule has 0 saturated carbocycles. The lowest BCUT2D eigenvalue weighted by molar-refractivity contribution is 0.0946. The summed E-state index contributed by atoms with van der Waals surface area (Å²) in [6.45, 7) is 0.357. The molecule has 2 N–H and O–H groups in total. The Labute approximate surface area is 157 Å². The maximum absolute atomic E-state index is 12.8. The number of carbonyl (C=O) groups excluding carboxylic acids is 1. The van der Waals surface area contributed by atoms with E-state index in [1.807, 2.05) is 30.3 Å². The molecule has 26 heavy (non-hydrogen) atoms. The Morgan fingerprint density at radius 1 is 1.08 bits per heavy atom. The van der Waals surface area contributed by atoms with E-state index in [1.54, 1.807) is 6.26 Å². The van der Waals surface area contributed by atoms with Gasteiger partial charge in [0.1, 0.15) is 10.4 Å². The topological polar surface area (TPSA) is 58.0 Å². The van der Waals surface area contributed by atoms with E-state index in [1.165, 1.54) is 5.56 Å². The summed E-state index contributed by atoms with van der Waals surface area (Å²) in [5.41, 5.74) is 5.09. The van der Waals surface area contributed by atoms with Crippen LogP contribution in [0.3, 0.4) is 0 Å². The third-order valence-electron chi connectivity index (χ3n) is 4.83. The zero-order chi connectivity index (χ0) is 17.9. The normalized spacial score (nSPS) is 13.2. The number of nitrogens with one attached hydrogen (secondary N) is 2. The van der Waals surface area contributed by atoms with Gasteiger partial charge in [0.2, 0.25) is 0 Å². The van der Waals surface area contributed by atoms with Crippen LogP contribution in [-0.4, -0.2) is 10.9 Å². The number of fused-ring (bicyclic) bond motifs is 1. The van der Waals surface area contributed by atoms with Crippen LogP contribution in [0.15, 0.2) is 53.1 Å². The minimum atomic E-state index is -0.139. The van der Waals surface area contributed by atoms with Gasteiger partial charge in [-0.25, -0.2) is 0 Å². The molecule has 0 fully saturated rings. The van der Waals surface area contributed by atoms with Gasteiger partial charge in [0.15, 0.2) is 0 Å². The van der Waals surface area contributed by atoms with Crippen molar-refractivity contribution < 1.29 is 9.21 Å². The van der Waals surface area contributed by atoms with Gasteiger partial charge in [0, 0.05) is 5.69 Å². The molecule has 5 heteroatoms. The Kier molecular flexibility index (Phi) is 4.71. The van der Waals surface area contributed by atoms with Crippen molar-refractivity contribution in [3.8, 4) is 11.3 Å². The van der Waals surface area contributed by atoms with E-state index in [-0.39, 0.29) is 5.91 Å². The van der Waals surface area contributed by atoms with E-state index in [2.05, 4.69) is 22.4 Å². The van der Waals surface area contributed by atoms with E-state index in [9.17, 15) is 4.79 Å². The Balaban J connectivity index is 1.74. The fourth-order valence-electron chi connectivity index (χ4n) is 3.61. The number of aromatic nitrogens is 1. The van der Waals surface area contributed by atoms with Gasteiger partial charge in [0.25, 0.3) is 5.91 Å². The summed E-state index contributed by atoms with van der Waals surface area (Å²) in [4.78, 5) is 16.2. The summed E-state index contributed by atoms with van der Waals surface area (Å²) < 4.78 is 5.79. The maximum atomic E-state index is 12.8. The number of furan rings is 1. The van der Waals surface area contributed by atoms with Crippen LogP contribution in [-0.2, 0) is 19.4 Å². The number of amides is 1. The van der Waals surface area contributed by atoms with Gasteiger partial charge in [-0.1, -0.05) is 42.5 Å². The molecule has 4 nitrogen and oxygen atoms in total. The van der Waals surface area contributed by atoms with Crippen LogP contribution in [0.5, 0.6) is 0 Å². The van der Waals surface area contributed by atoms with Gasteiger partial charge in [-0.05, 0) is 54.5 Å². The second kappa shape index (κ2) is 7.30. The van der Waals surface area contributed by atoms with Crippen LogP contribution >= 0.6 is 12.2 Å². The second-order valence-corrected chi connectivity index (χ2v) is 6.90. The minimum Gasteiger partial charge on any atom is -0.467 e. The highest BCUT2D eigenvalue weighted by molar-refractivity contribution is 7.71. The van der Waals surface area contributed by atoms with Crippen molar-refractivity contribution in [3.63, 3.8) is 0 Å². The molecule has 0 spiro atoms. The predicted octanol–water partition coefficient (Wildman–Crippen LogP) is 4.81. The first-order valence-corrected chi connectivity index (χ1v) is 9.29. The van der Waals surface area contributed by atoms with Crippen molar-refractivity contribution >= 4 is 18.1 Å². The average molecular weight is 364 g/mol. The lowest BCUT2D eigenvalue weighted by atomic mass is 9.86. The lowest BCUT2D eigenvalue weighted by Gasteiger charge is -2.22. The van der Waals surface area contributed by atoms with Gasteiger partial charge in [-0.15, -0.1) is 0 Å². The predicted molar refractivity (Wildman–Crippen MR) is 104 cm³/mol. The standard InChI is InChI=1S/C21H20N2O2S/c24-20(22-13-15-9-6-12-25-15)18-16-10-4-5-11-17(16)19(23-21(18)26)14-7-2-1-3-8-14/h1-3,6-9,12H,4-5,10-11,13H2,(H,22,24)(H,23,26). The molecule has 0 aliphatic heterocycles. The Morgan fingerprint density at radius 3 is 2.58 bits per heavy atom. The number of hydrogen-bond donors (Lipinski definition) is 2. The SMILES string of the molecule is O=C(NCc1ccco1)c1c2c(c(-c3ccccc3)[nH]c1=S)CCCC2. The van der Waals surface area contributed by atoms with Crippen LogP contribution in [0.1, 0.15) is 40.1 Å². The second-order valence-electron chi connectivity index (χ2n) is 6.50. The third kappa shape index (κ3) is 3.22. The van der Waals surface area contributed by atoms with E-state index in [0.717, 1.165) is 48.3 Å². The molecule has 1 aromatic carbocycles. The molecule has 3 aromatic rings. The minimum absolute atomic E-state index is 0.139. The Morgan fingerprint density at radius 2 is 1.85 bits per heavy atom. The molecule has 0 atom stereocenters. The molecule has 1 aliphatic rings. The molecule has 4 rings (SSSR count). The molecular formula is C21H20N2O2S. The van der Waals surface area contributed by atoms with Crippen molar-refractivity contribution in [2.75, 3.05) is 0 Å². The van der Waals surface area contributed by atoms with E-state index < -0.39 is 0 Å². The van der Waals surface area contributed by atoms with E-state index in [0.29, 0.717) is 16.7 Å². The number of H-pyrrole nitrogens is 1. The van der Waals surface area contributed by atoms with Gasteiger partial charge < -0.3 is 14.7 Å². The van der Waals surface area contributed by atoms with Gasteiger partial charge in [0.05, 0.1) is 18.4 Å². The molecule has 2 heterocycles. The van der Waals surface area contributed by atoms with Gasteiger partial charge >= 0.3 is 0 Å². The largest absolute Gasteiger partial charge is 0.467 e. The molecular weight excluding hydrogens is 344 g/mol. The first-order chi connectivity index (χ1) is 12.7. The van der Waals surface area contributed by atoms with Crippen LogP contribution in [0, 0.1) is 4.64 Å². The third-order valence-corrected chi connectivity index (χ3v) is 5.14. The summed E-state index contributed by atoms with van der Waals surface area (Å²) in [5.74, 6) is 0.587. The Hall–Kier alpha value is -2.66. The van der Waals surface area contributed by atoms with Crippen LogP contribution in [0.2, 0.25) is 0 Å². The van der Waals surface area contributed by atoms with Gasteiger partial charge in [-0.2, -0.15) is 0 Å². The Bertz CT molecular complexity index is 975. The molecule has 0 saturated heterocycles. The number of pyridine rings is 1. The quantitative estimate of drug-likeness (QED) is 0.653. The van der Waals surface area contributed by atoms with Crippen molar-refractivity contribution in [2.45, 2.75) is 32.2 Å². The molecule has 132 valence electrons. The highest BCUT2D eigenvalue weighted by Crippen LogP contribution is 2.32. The molecule has 0 bridgehead atoms. The van der Waals surface area contributed by atoms with Crippen molar-refractivity contribution in [1.82, 2.24) is 10.3 Å². The summed E-state index contributed by atoms with van der Waals surface area (Å²) in [7, 11) is 0. The number of rotatable bonds is 4. The molecule has 1 aliphatic carbocycles. The van der Waals surface area contributed by atoms with Crippen LogP contribution < -0.4 is 5.32 Å². The summed E-state index contributed by atoms with van der Waals surface area (Å²) >= 11 is 5.58. The summed E-state index contributed by atoms with van der Waals surface area (Å²) in [5, 5.41) is 2.93. The monoisotopic (exact) mass is 364 g/mol.